The lowest BCUT2D eigenvalue weighted by molar-refractivity contribution is -0.142. The predicted octanol–water partition coefficient (Wildman–Crippen LogP) is 2.31. The van der Waals surface area contributed by atoms with Gasteiger partial charge in [-0.3, -0.25) is 4.79 Å². The van der Waals surface area contributed by atoms with Crippen molar-refractivity contribution in [2.24, 2.45) is 11.8 Å². The van der Waals surface area contributed by atoms with E-state index in [1.54, 1.807) is 6.08 Å². The van der Waals surface area contributed by atoms with Gasteiger partial charge in [0, 0.05) is 18.3 Å². The van der Waals surface area contributed by atoms with Gasteiger partial charge < -0.3 is 19.7 Å². The molecule has 1 aromatic carbocycles. The van der Waals surface area contributed by atoms with Crippen LogP contribution >= 0.6 is 0 Å². The Morgan fingerprint density at radius 2 is 2.15 bits per heavy atom. The number of hydrogen-bond acceptors (Lipinski definition) is 5. The first-order chi connectivity index (χ1) is 12.2. The number of ether oxygens (including phenoxy) is 2. The van der Waals surface area contributed by atoms with Crippen LogP contribution in [0.4, 0.5) is 13.2 Å². The molecule has 8 heteroatoms. The number of carbonyl (C=O) groups excluding carboxylic acids is 1. The van der Waals surface area contributed by atoms with Gasteiger partial charge in [0.05, 0.1) is 18.1 Å². The Bertz CT molecular complexity index is 688. The Hall–Kier alpha value is -2.06. The van der Waals surface area contributed by atoms with Gasteiger partial charge in [-0.1, -0.05) is 18.2 Å². The zero-order valence-electron chi connectivity index (χ0n) is 13.7. The molecule has 0 aromatic heterocycles. The second-order valence-corrected chi connectivity index (χ2v) is 6.57. The fraction of sp³-hybridized carbons (Fsp3) is 0.500. The molecular weight excluding hydrogens is 353 g/mol. The third-order valence-corrected chi connectivity index (χ3v) is 4.71. The van der Waals surface area contributed by atoms with E-state index in [-0.39, 0.29) is 42.7 Å². The van der Waals surface area contributed by atoms with Crippen molar-refractivity contribution >= 4 is 5.97 Å². The summed E-state index contributed by atoms with van der Waals surface area (Å²) < 4.78 is 48.3. The zero-order valence-corrected chi connectivity index (χ0v) is 13.7. The van der Waals surface area contributed by atoms with Crippen molar-refractivity contribution in [3.05, 3.63) is 42.0 Å². The quantitative estimate of drug-likeness (QED) is 0.613. The molecule has 2 N–H and O–H groups in total. The van der Waals surface area contributed by atoms with Crippen LogP contribution in [-0.4, -0.2) is 41.1 Å². The third kappa shape index (κ3) is 4.19. The molecule has 2 aliphatic rings. The van der Waals surface area contributed by atoms with Crippen molar-refractivity contribution in [3.63, 3.8) is 0 Å². The van der Waals surface area contributed by atoms with Gasteiger partial charge in [0.2, 0.25) is 0 Å². The van der Waals surface area contributed by atoms with E-state index in [2.05, 4.69) is 0 Å². The molecule has 142 valence electrons. The number of rotatable bonds is 5. The molecule has 1 saturated heterocycles. The molecule has 3 rings (SSSR count). The maximum Gasteiger partial charge on any atom is 0.416 e. The first-order valence-corrected chi connectivity index (χ1v) is 8.28. The summed E-state index contributed by atoms with van der Waals surface area (Å²) in [5, 5.41) is 20.0. The summed E-state index contributed by atoms with van der Waals surface area (Å²) in [6.45, 7) is -0.232. The van der Waals surface area contributed by atoms with Crippen molar-refractivity contribution in [1.82, 2.24) is 0 Å². The Balaban J connectivity index is 1.55. The summed E-state index contributed by atoms with van der Waals surface area (Å²) >= 11 is 0. The van der Waals surface area contributed by atoms with E-state index in [9.17, 15) is 28.2 Å². The smallest absolute Gasteiger partial charge is 0.416 e. The summed E-state index contributed by atoms with van der Waals surface area (Å²) in [6, 6.07) is 4.40. The maximum atomic E-state index is 12.7. The molecule has 1 heterocycles. The minimum atomic E-state index is -4.46. The van der Waals surface area contributed by atoms with Crippen LogP contribution in [0.25, 0.3) is 0 Å². The normalized spacial score (nSPS) is 29.7. The van der Waals surface area contributed by atoms with Crippen molar-refractivity contribution < 1.29 is 37.7 Å². The van der Waals surface area contributed by atoms with Crippen LogP contribution in [0.3, 0.4) is 0 Å². The number of alkyl halides is 3. The molecule has 5 nitrogen and oxygen atoms in total. The number of aliphatic hydroxyl groups excluding tert-OH is 2. The number of halogens is 3. The van der Waals surface area contributed by atoms with Crippen LogP contribution in [0.2, 0.25) is 0 Å². The van der Waals surface area contributed by atoms with Gasteiger partial charge in [-0.15, -0.1) is 0 Å². The van der Waals surface area contributed by atoms with E-state index < -0.39 is 23.9 Å². The van der Waals surface area contributed by atoms with Crippen LogP contribution in [0.5, 0.6) is 5.75 Å². The van der Waals surface area contributed by atoms with Crippen LogP contribution < -0.4 is 4.74 Å². The number of aliphatic hydroxyl groups is 2. The van der Waals surface area contributed by atoms with Crippen LogP contribution in [0.15, 0.2) is 36.4 Å². The van der Waals surface area contributed by atoms with Crippen LogP contribution in [0, 0.1) is 11.8 Å². The predicted molar refractivity (Wildman–Crippen MR) is 84.2 cm³/mol. The summed E-state index contributed by atoms with van der Waals surface area (Å²) in [5.41, 5.74) is -0.828. The van der Waals surface area contributed by atoms with Crippen molar-refractivity contribution in [2.75, 3.05) is 6.61 Å². The topological polar surface area (TPSA) is 76.0 Å². The second kappa shape index (κ2) is 7.28. The fourth-order valence-corrected chi connectivity index (χ4v) is 3.44. The van der Waals surface area contributed by atoms with E-state index >= 15 is 0 Å². The molecule has 0 unspecified atom stereocenters. The van der Waals surface area contributed by atoms with Gasteiger partial charge >= 0.3 is 12.1 Å². The molecule has 26 heavy (non-hydrogen) atoms. The Morgan fingerprint density at radius 3 is 2.88 bits per heavy atom. The van der Waals surface area contributed by atoms with Gasteiger partial charge in [-0.25, -0.2) is 0 Å². The van der Waals surface area contributed by atoms with Gasteiger partial charge in [-0.2, -0.15) is 13.2 Å². The standard InChI is InChI=1S/C18H19F3O5/c19-18(20,21)10-2-1-3-12(6-10)25-9-11(22)4-5-13-14-7-17(24)26-16(14)8-15(13)23/h1-6,11,13-16,22-23H,7-9H2/t11-,13+,14+,15+,16-/m0/s1. The highest BCUT2D eigenvalue weighted by Crippen LogP contribution is 2.42. The van der Waals surface area contributed by atoms with Gasteiger partial charge in [0.15, 0.2) is 0 Å². The van der Waals surface area contributed by atoms with Crippen molar-refractivity contribution in [3.8, 4) is 5.75 Å². The SMILES string of the molecule is O=C1C[C@@H]2[C@@H](C=C[C@H](O)COc3cccc(C(F)(F)F)c3)[C@H](O)C[C@@H]2O1. The second-order valence-electron chi connectivity index (χ2n) is 6.57. The molecule has 1 aliphatic heterocycles. The maximum absolute atomic E-state index is 12.7. The molecule has 0 amide bonds. The van der Waals surface area contributed by atoms with Gasteiger partial charge in [0.1, 0.15) is 24.6 Å². The lowest BCUT2D eigenvalue weighted by Crippen LogP contribution is -2.20. The van der Waals surface area contributed by atoms with Gasteiger partial charge in [-0.05, 0) is 18.2 Å². The monoisotopic (exact) mass is 372 g/mol. The summed E-state index contributed by atoms with van der Waals surface area (Å²) in [6.07, 6.45) is -2.85. The highest BCUT2D eigenvalue weighted by molar-refractivity contribution is 5.72. The minimum absolute atomic E-state index is 0.00281. The first kappa shape index (κ1) is 18.7. The summed E-state index contributed by atoms with van der Waals surface area (Å²) in [7, 11) is 0. The van der Waals surface area contributed by atoms with E-state index in [1.165, 1.54) is 18.2 Å². The van der Waals surface area contributed by atoms with Crippen LogP contribution in [-0.2, 0) is 15.7 Å². The lowest BCUT2D eigenvalue weighted by atomic mass is 9.91. The molecule has 1 aliphatic carbocycles. The third-order valence-electron chi connectivity index (χ3n) is 4.71. The van der Waals surface area contributed by atoms with E-state index in [4.69, 9.17) is 9.47 Å². The lowest BCUT2D eigenvalue weighted by Gasteiger charge is -2.16. The Kier molecular flexibility index (Phi) is 5.24. The van der Waals surface area contributed by atoms with Crippen molar-refractivity contribution in [1.29, 1.82) is 0 Å². The molecule has 0 bridgehead atoms. The molecule has 1 saturated carbocycles. The molecule has 1 aromatic rings. The summed E-state index contributed by atoms with van der Waals surface area (Å²) in [4.78, 5) is 11.3. The first-order valence-electron chi connectivity index (χ1n) is 8.28. The fourth-order valence-electron chi connectivity index (χ4n) is 3.44. The largest absolute Gasteiger partial charge is 0.491 e. The molecule has 2 fully saturated rings. The molecule has 0 spiro atoms. The van der Waals surface area contributed by atoms with Gasteiger partial charge in [0.25, 0.3) is 0 Å². The van der Waals surface area contributed by atoms with Crippen LogP contribution in [0.1, 0.15) is 18.4 Å². The number of esters is 1. The molecule has 5 atom stereocenters. The highest BCUT2D eigenvalue weighted by atomic mass is 19.4. The minimum Gasteiger partial charge on any atom is -0.491 e. The number of carbonyl (C=O) groups is 1. The molecular formula is C18H19F3O5. The number of benzene rings is 1. The average Bonchev–Trinajstić information content (AvgIpc) is 3.05. The zero-order chi connectivity index (χ0) is 18.9. The molecule has 0 radical (unpaired) electrons. The number of hydrogen-bond donors (Lipinski definition) is 2. The Morgan fingerprint density at radius 1 is 1.38 bits per heavy atom. The van der Waals surface area contributed by atoms with E-state index in [1.807, 2.05) is 0 Å². The Labute approximate surface area is 148 Å². The number of fused-ring (bicyclic) bond motifs is 1. The van der Waals surface area contributed by atoms with Crippen molar-refractivity contribution in [2.45, 2.75) is 37.3 Å². The van der Waals surface area contributed by atoms with E-state index in [0.29, 0.717) is 6.42 Å². The van der Waals surface area contributed by atoms with E-state index in [0.717, 1.165) is 12.1 Å². The highest BCUT2D eigenvalue weighted by Gasteiger charge is 2.48. The summed E-state index contributed by atoms with van der Waals surface area (Å²) in [5.74, 6) is -0.721. The average molecular weight is 372 g/mol.